The van der Waals surface area contributed by atoms with Crippen molar-refractivity contribution in [3.05, 3.63) is 21.4 Å². The minimum atomic E-state index is -2.88. The van der Waals surface area contributed by atoms with Gasteiger partial charge in [-0.25, -0.2) is 8.42 Å². The van der Waals surface area contributed by atoms with E-state index in [0.717, 1.165) is 6.54 Å². The van der Waals surface area contributed by atoms with E-state index >= 15 is 0 Å². The average Bonchev–Trinajstić information content (AvgIpc) is 2.52. The molecule has 0 aliphatic carbocycles. The van der Waals surface area contributed by atoms with Gasteiger partial charge in [0.15, 0.2) is 0 Å². The van der Waals surface area contributed by atoms with Crippen LogP contribution in [0.3, 0.4) is 0 Å². The maximum Gasteiger partial charge on any atom is 0.147 e. The molecule has 1 N–H and O–H groups in total. The Bertz CT molecular complexity index is 491. The number of hydrogen-bond donors (Lipinski definition) is 1. The number of thiophene rings is 1. The van der Waals surface area contributed by atoms with Gasteiger partial charge in [-0.1, -0.05) is 6.92 Å². The average molecular weight is 289 g/mol. The molecule has 0 unspecified atom stereocenters. The predicted octanol–water partition coefficient (Wildman–Crippen LogP) is 2.70. The Kier molecular flexibility index (Phi) is 5.37. The highest BCUT2D eigenvalue weighted by molar-refractivity contribution is 7.90. The summed E-state index contributed by atoms with van der Waals surface area (Å²) in [7, 11) is -2.88. The third-order valence-electron chi connectivity index (χ3n) is 2.91. The van der Waals surface area contributed by atoms with Gasteiger partial charge in [-0.05, 0) is 44.9 Å². The molecule has 0 radical (unpaired) electrons. The zero-order chi connectivity index (χ0) is 13.9. The van der Waals surface area contributed by atoms with E-state index in [-0.39, 0.29) is 17.7 Å². The third-order valence-corrected chi connectivity index (χ3v) is 5.06. The highest BCUT2D eigenvalue weighted by Crippen LogP contribution is 2.26. The first-order chi connectivity index (χ1) is 8.19. The molecule has 0 aliphatic rings. The van der Waals surface area contributed by atoms with Crippen molar-refractivity contribution in [2.75, 3.05) is 18.6 Å². The number of sulfone groups is 1. The molecule has 1 aromatic heterocycles. The second-order valence-electron chi connectivity index (χ2n) is 5.20. The topological polar surface area (TPSA) is 46.2 Å². The first-order valence-corrected chi connectivity index (χ1v) is 9.04. The highest BCUT2D eigenvalue weighted by Gasteiger charge is 2.14. The maximum absolute atomic E-state index is 11.2. The number of hydrogen-bond acceptors (Lipinski definition) is 4. The lowest BCUT2D eigenvalue weighted by atomic mass is 10.1. The van der Waals surface area contributed by atoms with Gasteiger partial charge in [0.1, 0.15) is 9.84 Å². The Morgan fingerprint density at radius 3 is 2.39 bits per heavy atom. The van der Waals surface area contributed by atoms with Crippen LogP contribution < -0.4 is 5.32 Å². The number of nitrogens with one attached hydrogen (secondary N) is 1. The summed E-state index contributed by atoms with van der Waals surface area (Å²) in [4.78, 5) is 2.66. The Balaban J connectivity index is 2.51. The third kappa shape index (κ3) is 5.08. The summed E-state index contributed by atoms with van der Waals surface area (Å²) in [6.07, 6.45) is 1.29. The van der Waals surface area contributed by atoms with Crippen LogP contribution in [0, 0.1) is 19.8 Å². The Morgan fingerprint density at radius 2 is 1.94 bits per heavy atom. The molecule has 0 aliphatic heterocycles. The summed E-state index contributed by atoms with van der Waals surface area (Å²) in [5.74, 6) is 0.386. The van der Waals surface area contributed by atoms with Gasteiger partial charge in [0.25, 0.3) is 0 Å². The van der Waals surface area contributed by atoms with Gasteiger partial charge in [-0.3, -0.25) is 0 Å². The fourth-order valence-electron chi connectivity index (χ4n) is 2.14. The van der Waals surface area contributed by atoms with Crippen LogP contribution in [0.15, 0.2) is 6.07 Å². The fraction of sp³-hybridized carbons (Fsp3) is 0.692. The Hall–Kier alpha value is -0.390. The monoisotopic (exact) mass is 289 g/mol. The van der Waals surface area contributed by atoms with Crippen LogP contribution in [0.4, 0.5) is 0 Å². The summed E-state index contributed by atoms with van der Waals surface area (Å²) in [5.41, 5.74) is 1.32. The van der Waals surface area contributed by atoms with E-state index in [1.165, 1.54) is 21.6 Å². The maximum atomic E-state index is 11.2. The van der Waals surface area contributed by atoms with Gasteiger partial charge in [0.2, 0.25) is 0 Å². The molecule has 1 aromatic rings. The summed E-state index contributed by atoms with van der Waals surface area (Å²) in [6.45, 7) is 9.06. The van der Waals surface area contributed by atoms with Gasteiger partial charge >= 0.3 is 0 Å². The van der Waals surface area contributed by atoms with Crippen LogP contribution in [-0.4, -0.2) is 27.0 Å². The molecule has 0 bridgehead atoms. The summed E-state index contributed by atoms with van der Waals surface area (Å²) in [5, 5.41) is 3.42. The minimum absolute atomic E-state index is 0.141. The van der Waals surface area contributed by atoms with Gasteiger partial charge in [0, 0.05) is 22.1 Å². The quantitative estimate of drug-likeness (QED) is 0.876. The lowest BCUT2D eigenvalue weighted by Crippen LogP contribution is -2.28. The number of aryl methyl sites for hydroxylation is 2. The van der Waals surface area contributed by atoms with E-state index in [2.05, 4.69) is 32.2 Å². The van der Waals surface area contributed by atoms with E-state index in [9.17, 15) is 8.42 Å². The highest BCUT2D eigenvalue weighted by atomic mass is 32.2. The minimum Gasteiger partial charge on any atom is -0.310 e. The smallest absolute Gasteiger partial charge is 0.147 e. The zero-order valence-corrected chi connectivity index (χ0v) is 13.4. The predicted molar refractivity (Wildman–Crippen MR) is 79.1 cm³/mol. The summed E-state index contributed by atoms with van der Waals surface area (Å²) in [6, 6.07) is 2.48. The van der Waals surface area contributed by atoms with Crippen LogP contribution in [0.1, 0.15) is 35.2 Å². The van der Waals surface area contributed by atoms with Crippen LogP contribution in [-0.2, 0) is 9.84 Å². The first-order valence-electron chi connectivity index (χ1n) is 6.17. The molecule has 2 atom stereocenters. The molecule has 0 amide bonds. The van der Waals surface area contributed by atoms with Crippen molar-refractivity contribution in [1.82, 2.24) is 5.32 Å². The SMILES string of the molecule is Cc1cc([C@@H](C)NC[C@@H](C)CS(C)(=O)=O)c(C)s1. The van der Waals surface area contributed by atoms with Crippen molar-refractivity contribution in [2.45, 2.75) is 33.7 Å². The van der Waals surface area contributed by atoms with Crippen molar-refractivity contribution in [2.24, 2.45) is 5.92 Å². The van der Waals surface area contributed by atoms with Crippen molar-refractivity contribution >= 4 is 21.2 Å². The van der Waals surface area contributed by atoms with Gasteiger partial charge in [-0.15, -0.1) is 11.3 Å². The molecule has 1 heterocycles. The molecule has 1 rings (SSSR count). The van der Waals surface area contributed by atoms with E-state index in [4.69, 9.17) is 0 Å². The normalized spacial score (nSPS) is 15.6. The molecule has 0 saturated carbocycles. The van der Waals surface area contributed by atoms with E-state index in [1.807, 2.05) is 6.92 Å². The molecule has 104 valence electrons. The van der Waals surface area contributed by atoms with Crippen LogP contribution in [0.25, 0.3) is 0 Å². The van der Waals surface area contributed by atoms with Crippen molar-refractivity contribution in [1.29, 1.82) is 0 Å². The van der Waals surface area contributed by atoms with Crippen LogP contribution >= 0.6 is 11.3 Å². The van der Waals surface area contributed by atoms with Crippen molar-refractivity contribution in [3.63, 3.8) is 0 Å². The first kappa shape index (κ1) is 15.7. The second kappa shape index (κ2) is 6.17. The second-order valence-corrected chi connectivity index (χ2v) is 8.84. The van der Waals surface area contributed by atoms with Gasteiger partial charge in [-0.2, -0.15) is 0 Å². The lowest BCUT2D eigenvalue weighted by Gasteiger charge is -2.17. The van der Waals surface area contributed by atoms with Crippen LogP contribution in [0.5, 0.6) is 0 Å². The Labute approximate surface area is 115 Å². The van der Waals surface area contributed by atoms with Gasteiger partial charge < -0.3 is 5.32 Å². The summed E-state index contributed by atoms with van der Waals surface area (Å²) >= 11 is 1.81. The lowest BCUT2D eigenvalue weighted by molar-refractivity contribution is 0.491. The van der Waals surface area contributed by atoms with Crippen molar-refractivity contribution < 1.29 is 8.42 Å². The molecule has 0 aromatic carbocycles. The molecule has 5 heteroatoms. The molecule has 18 heavy (non-hydrogen) atoms. The molecule has 0 saturated heterocycles. The molecular formula is C13H23NO2S2. The van der Waals surface area contributed by atoms with E-state index < -0.39 is 9.84 Å². The van der Waals surface area contributed by atoms with E-state index in [0.29, 0.717) is 0 Å². The zero-order valence-electron chi connectivity index (χ0n) is 11.8. The fourth-order valence-corrected chi connectivity index (χ4v) is 4.32. The van der Waals surface area contributed by atoms with Crippen LogP contribution in [0.2, 0.25) is 0 Å². The van der Waals surface area contributed by atoms with Gasteiger partial charge in [0.05, 0.1) is 5.75 Å². The Morgan fingerprint density at radius 1 is 1.33 bits per heavy atom. The number of rotatable bonds is 6. The molecule has 0 spiro atoms. The van der Waals surface area contributed by atoms with Crippen molar-refractivity contribution in [3.8, 4) is 0 Å². The largest absolute Gasteiger partial charge is 0.310 e. The summed E-state index contributed by atoms with van der Waals surface area (Å²) < 4.78 is 22.4. The van der Waals surface area contributed by atoms with E-state index in [1.54, 1.807) is 11.3 Å². The molecule has 0 fully saturated rings. The molecule has 3 nitrogen and oxygen atoms in total. The molecular weight excluding hydrogens is 266 g/mol. The standard InChI is InChI=1S/C13H23NO2S2/c1-9(8-18(5,15)16)7-14-11(3)13-6-10(2)17-12(13)4/h6,9,11,14H,7-8H2,1-5H3/t9-,11-/m1/s1.